The lowest BCUT2D eigenvalue weighted by Crippen LogP contribution is -2.24. The molecular formula is C8H9Br2NOS2. The van der Waals surface area contributed by atoms with E-state index in [9.17, 15) is 4.79 Å². The van der Waals surface area contributed by atoms with Gasteiger partial charge in [0.05, 0.1) is 8.66 Å². The highest BCUT2D eigenvalue weighted by atomic mass is 79.9. The summed E-state index contributed by atoms with van der Waals surface area (Å²) in [6.07, 6.45) is 2.02. The van der Waals surface area contributed by atoms with E-state index in [2.05, 4.69) is 37.2 Å². The van der Waals surface area contributed by atoms with Crippen molar-refractivity contribution in [1.29, 1.82) is 0 Å². The third-order valence-corrected chi connectivity index (χ3v) is 5.33. The molecule has 14 heavy (non-hydrogen) atoms. The molecule has 1 aromatic heterocycles. The Balaban J connectivity index is 2.52. The Hall–Kier alpha value is 0.480. The lowest BCUT2D eigenvalue weighted by molar-refractivity contribution is 0.0960. The van der Waals surface area contributed by atoms with Crippen LogP contribution in [0.3, 0.4) is 0 Å². The van der Waals surface area contributed by atoms with Gasteiger partial charge in [-0.1, -0.05) is 0 Å². The fraction of sp³-hybridized carbons (Fsp3) is 0.375. The number of hydrogen-bond acceptors (Lipinski definition) is 3. The van der Waals surface area contributed by atoms with Crippen LogP contribution in [0.1, 0.15) is 9.67 Å². The van der Waals surface area contributed by atoms with Crippen molar-refractivity contribution in [2.45, 2.75) is 0 Å². The van der Waals surface area contributed by atoms with Crippen molar-refractivity contribution in [3.8, 4) is 0 Å². The summed E-state index contributed by atoms with van der Waals surface area (Å²) in [4.78, 5) is 12.3. The molecule has 0 aliphatic rings. The van der Waals surface area contributed by atoms with Crippen LogP contribution in [-0.4, -0.2) is 24.5 Å². The van der Waals surface area contributed by atoms with Crippen LogP contribution in [0.4, 0.5) is 0 Å². The standard InChI is InChI=1S/C8H9Br2NOS2/c1-13-3-2-11-8(12)6-4-5(9)7(10)14-6/h4H,2-3H2,1H3,(H,11,12). The molecule has 0 saturated heterocycles. The minimum absolute atomic E-state index is 0.00421. The summed E-state index contributed by atoms with van der Waals surface area (Å²) >= 11 is 9.85. The van der Waals surface area contributed by atoms with Crippen LogP contribution in [0.15, 0.2) is 14.3 Å². The SMILES string of the molecule is CSCCNC(=O)c1cc(Br)c(Br)s1. The second kappa shape index (κ2) is 6.15. The van der Waals surface area contributed by atoms with Crippen LogP contribution >= 0.6 is 55.0 Å². The number of carbonyl (C=O) groups excluding carboxylic acids is 1. The van der Waals surface area contributed by atoms with Crippen molar-refractivity contribution in [2.24, 2.45) is 0 Å². The Bertz CT molecular complexity index is 308. The molecular weight excluding hydrogens is 350 g/mol. The van der Waals surface area contributed by atoms with E-state index >= 15 is 0 Å². The molecule has 0 radical (unpaired) electrons. The van der Waals surface area contributed by atoms with Gasteiger partial charge in [0.2, 0.25) is 0 Å². The summed E-state index contributed by atoms with van der Waals surface area (Å²) in [6.45, 7) is 0.715. The van der Waals surface area contributed by atoms with Crippen molar-refractivity contribution in [3.05, 3.63) is 19.2 Å². The number of rotatable bonds is 4. The maximum atomic E-state index is 11.5. The van der Waals surface area contributed by atoms with E-state index in [4.69, 9.17) is 0 Å². The number of thioether (sulfide) groups is 1. The van der Waals surface area contributed by atoms with Gasteiger partial charge in [-0.3, -0.25) is 4.79 Å². The van der Waals surface area contributed by atoms with Crippen LogP contribution in [-0.2, 0) is 0 Å². The van der Waals surface area contributed by atoms with Gasteiger partial charge in [0.25, 0.3) is 5.91 Å². The highest BCUT2D eigenvalue weighted by Gasteiger charge is 2.10. The normalized spacial score (nSPS) is 10.2. The van der Waals surface area contributed by atoms with E-state index in [1.807, 2.05) is 12.3 Å². The summed E-state index contributed by atoms with van der Waals surface area (Å²) in [5.74, 6) is 0.940. The average molecular weight is 359 g/mol. The Kier molecular flexibility index (Phi) is 5.51. The van der Waals surface area contributed by atoms with E-state index in [1.54, 1.807) is 11.8 Å². The number of amides is 1. The minimum atomic E-state index is -0.00421. The van der Waals surface area contributed by atoms with Crippen LogP contribution in [0.5, 0.6) is 0 Å². The van der Waals surface area contributed by atoms with Crippen molar-refractivity contribution in [3.63, 3.8) is 0 Å². The summed E-state index contributed by atoms with van der Waals surface area (Å²) in [5.41, 5.74) is 0. The first kappa shape index (κ1) is 12.5. The number of carbonyl (C=O) groups is 1. The molecule has 78 valence electrons. The highest BCUT2D eigenvalue weighted by molar-refractivity contribution is 9.13. The predicted octanol–water partition coefficient (Wildman–Crippen LogP) is 3.37. The van der Waals surface area contributed by atoms with Gasteiger partial charge in [-0.2, -0.15) is 11.8 Å². The molecule has 0 unspecified atom stereocenters. The van der Waals surface area contributed by atoms with Crippen LogP contribution in [0, 0.1) is 0 Å². The lowest BCUT2D eigenvalue weighted by atomic mass is 10.4. The van der Waals surface area contributed by atoms with Gasteiger partial charge >= 0.3 is 0 Å². The number of thiophene rings is 1. The van der Waals surface area contributed by atoms with Crippen LogP contribution < -0.4 is 5.32 Å². The average Bonchev–Trinajstić information content (AvgIpc) is 2.47. The molecule has 1 aromatic rings. The van der Waals surface area contributed by atoms with Gasteiger partial charge in [-0.15, -0.1) is 11.3 Å². The Morgan fingerprint density at radius 1 is 1.64 bits per heavy atom. The third kappa shape index (κ3) is 3.56. The number of nitrogens with one attached hydrogen (secondary N) is 1. The van der Waals surface area contributed by atoms with Gasteiger partial charge in [-0.25, -0.2) is 0 Å². The van der Waals surface area contributed by atoms with Gasteiger partial charge < -0.3 is 5.32 Å². The zero-order valence-electron chi connectivity index (χ0n) is 7.47. The Morgan fingerprint density at radius 2 is 2.36 bits per heavy atom. The largest absolute Gasteiger partial charge is 0.351 e. The first-order chi connectivity index (χ1) is 6.65. The first-order valence-electron chi connectivity index (χ1n) is 3.87. The second-order valence-electron chi connectivity index (χ2n) is 2.48. The fourth-order valence-corrected chi connectivity index (χ4v) is 3.07. The zero-order valence-corrected chi connectivity index (χ0v) is 12.3. The molecule has 0 atom stereocenters. The molecule has 0 fully saturated rings. The first-order valence-corrected chi connectivity index (χ1v) is 7.66. The van der Waals surface area contributed by atoms with E-state index in [1.165, 1.54) is 11.3 Å². The molecule has 6 heteroatoms. The summed E-state index contributed by atoms with van der Waals surface area (Å²) in [5, 5.41) is 2.85. The Morgan fingerprint density at radius 3 is 2.86 bits per heavy atom. The second-order valence-corrected chi connectivity index (χ2v) is 6.69. The van der Waals surface area contributed by atoms with E-state index in [0.717, 1.165) is 18.9 Å². The fourth-order valence-electron chi connectivity index (χ4n) is 0.812. The molecule has 1 heterocycles. The van der Waals surface area contributed by atoms with Gasteiger partial charge in [0.1, 0.15) is 0 Å². The molecule has 1 N–H and O–H groups in total. The van der Waals surface area contributed by atoms with Crippen LogP contribution in [0.25, 0.3) is 0 Å². The maximum Gasteiger partial charge on any atom is 0.261 e. The summed E-state index contributed by atoms with van der Waals surface area (Å²) < 4.78 is 1.88. The molecule has 0 aliphatic carbocycles. The summed E-state index contributed by atoms with van der Waals surface area (Å²) in [6, 6.07) is 1.82. The van der Waals surface area contributed by atoms with Gasteiger partial charge in [0.15, 0.2) is 0 Å². The topological polar surface area (TPSA) is 29.1 Å². The molecule has 2 nitrogen and oxygen atoms in total. The molecule has 1 amide bonds. The van der Waals surface area contributed by atoms with Crippen molar-refractivity contribution in [2.75, 3.05) is 18.6 Å². The summed E-state index contributed by atoms with van der Waals surface area (Å²) in [7, 11) is 0. The highest BCUT2D eigenvalue weighted by Crippen LogP contribution is 2.32. The zero-order chi connectivity index (χ0) is 10.6. The minimum Gasteiger partial charge on any atom is -0.351 e. The third-order valence-electron chi connectivity index (χ3n) is 1.46. The Labute approximate surface area is 108 Å². The quantitative estimate of drug-likeness (QED) is 0.836. The van der Waals surface area contributed by atoms with Crippen molar-refractivity contribution < 1.29 is 4.79 Å². The molecule has 0 aromatic carbocycles. The van der Waals surface area contributed by atoms with Crippen molar-refractivity contribution >= 4 is 60.9 Å². The molecule has 0 bridgehead atoms. The smallest absolute Gasteiger partial charge is 0.261 e. The van der Waals surface area contributed by atoms with E-state index in [-0.39, 0.29) is 5.91 Å². The number of halogens is 2. The van der Waals surface area contributed by atoms with Crippen molar-refractivity contribution in [1.82, 2.24) is 5.32 Å². The van der Waals surface area contributed by atoms with E-state index in [0.29, 0.717) is 6.54 Å². The monoisotopic (exact) mass is 357 g/mol. The van der Waals surface area contributed by atoms with Gasteiger partial charge in [-0.05, 0) is 44.2 Å². The van der Waals surface area contributed by atoms with Gasteiger partial charge in [0, 0.05) is 16.8 Å². The van der Waals surface area contributed by atoms with Crippen LogP contribution in [0.2, 0.25) is 0 Å². The lowest BCUT2D eigenvalue weighted by Gasteiger charge is -2.00. The molecule has 0 aliphatic heterocycles. The van der Waals surface area contributed by atoms with E-state index < -0.39 is 0 Å². The molecule has 1 rings (SSSR count). The number of hydrogen-bond donors (Lipinski definition) is 1. The molecule has 0 saturated carbocycles. The molecule has 0 spiro atoms. The predicted molar refractivity (Wildman–Crippen MR) is 70.4 cm³/mol. The maximum absolute atomic E-state index is 11.5.